The van der Waals surface area contributed by atoms with E-state index in [2.05, 4.69) is 18.7 Å². The van der Waals surface area contributed by atoms with Gasteiger partial charge in [0.2, 0.25) is 0 Å². The summed E-state index contributed by atoms with van der Waals surface area (Å²) in [6.45, 7) is 10.2. The number of rotatable bonds is 7. The molecular weight excluding hydrogens is 262 g/mol. The maximum absolute atomic E-state index is 12.3. The van der Waals surface area contributed by atoms with Crippen molar-refractivity contribution < 1.29 is 9.53 Å². The molecule has 1 heterocycles. The third kappa shape index (κ3) is 4.85. The number of nitrogens with zero attached hydrogens (tertiary/aromatic N) is 1. The molecule has 21 heavy (non-hydrogen) atoms. The highest BCUT2D eigenvalue weighted by Crippen LogP contribution is 2.21. The number of ether oxygens (including phenoxy) is 1. The normalized spacial score (nSPS) is 15.6. The molecule has 0 radical (unpaired) electrons. The number of carbonyl (C=O) groups excluding carboxylic acids is 1. The predicted octanol–water partition coefficient (Wildman–Crippen LogP) is 3.70. The second-order valence-corrected chi connectivity index (χ2v) is 6.41. The minimum absolute atomic E-state index is 0.236. The third-order valence-corrected chi connectivity index (χ3v) is 3.92. The Morgan fingerprint density at radius 3 is 2.62 bits per heavy atom. The Bertz CT molecular complexity index is 476. The number of benzene rings is 1. The molecule has 1 aromatic rings. The molecule has 1 aliphatic heterocycles. The van der Waals surface area contributed by atoms with Crippen LogP contribution in [-0.4, -0.2) is 36.9 Å². The van der Waals surface area contributed by atoms with Crippen molar-refractivity contribution >= 4 is 5.78 Å². The number of likely N-dealkylation sites (tertiary alicyclic amines) is 1. The van der Waals surface area contributed by atoms with Gasteiger partial charge in [-0.1, -0.05) is 13.8 Å². The highest BCUT2D eigenvalue weighted by Gasteiger charge is 2.14. The Kier molecular flexibility index (Phi) is 5.80. The summed E-state index contributed by atoms with van der Waals surface area (Å²) in [5, 5.41) is 0. The van der Waals surface area contributed by atoms with Gasteiger partial charge in [0.25, 0.3) is 0 Å². The summed E-state index contributed by atoms with van der Waals surface area (Å²) in [7, 11) is 0. The van der Waals surface area contributed by atoms with Gasteiger partial charge in [0.1, 0.15) is 5.75 Å². The van der Waals surface area contributed by atoms with E-state index in [1.165, 1.54) is 12.8 Å². The lowest BCUT2D eigenvalue weighted by molar-refractivity contribution is 0.0969. The van der Waals surface area contributed by atoms with Crippen LogP contribution in [0.25, 0.3) is 0 Å². The second-order valence-electron chi connectivity index (χ2n) is 6.41. The van der Waals surface area contributed by atoms with E-state index in [1.54, 1.807) is 0 Å². The van der Waals surface area contributed by atoms with Gasteiger partial charge in [-0.25, -0.2) is 0 Å². The Balaban J connectivity index is 1.90. The van der Waals surface area contributed by atoms with Crippen molar-refractivity contribution in [3.05, 3.63) is 29.3 Å². The zero-order valence-electron chi connectivity index (χ0n) is 13.5. The first-order valence-corrected chi connectivity index (χ1v) is 8.05. The van der Waals surface area contributed by atoms with Crippen molar-refractivity contribution in [3.8, 4) is 5.75 Å². The van der Waals surface area contributed by atoms with Gasteiger partial charge in [-0.2, -0.15) is 0 Å². The average Bonchev–Trinajstić information content (AvgIpc) is 2.96. The van der Waals surface area contributed by atoms with Gasteiger partial charge in [0, 0.05) is 18.5 Å². The molecule has 0 saturated carbocycles. The Morgan fingerprint density at radius 1 is 1.29 bits per heavy atom. The molecule has 0 N–H and O–H groups in total. The fraction of sp³-hybridized carbons (Fsp3) is 0.611. The molecule has 1 aromatic carbocycles. The predicted molar refractivity (Wildman–Crippen MR) is 86.1 cm³/mol. The Labute approximate surface area is 128 Å². The lowest BCUT2D eigenvalue weighted by atomic mass is 10.0. The van der Waals surface area contributed by atoms with Crippen LogP contribution in [0.15, 0.2) is 18.2 Å². The molecular formula is C18H27NO2. The zero-order valence-corrected chi connectivity index (χ0v) is 13.5. The topological polar surface area (TPSA) is 29.5 Å². The van der Waals surface area contributed by atoms with E-state index in [1.807, 2.05) is 25.1 Å². The van der Waals surface area contributed by atoms with Crippen molar-refractivity contribution in [2.24, 2.45) is 5.92 Å². The van der Waals surface area contributed by atoms with E-state index in [9.17, 15) is 4.79 Å². The molecule has 0 spiro atoms. The van der Waals surface area contributed by atoms with Crippen molar-refractivity contribution in [1.29, 1.82) is 0 Å². The van der Waals surface area contributed by atoms with Gasteiger partial charge in [-0.15, -0.1) is 0 Å². The maximum Gasteiger partial charge on any atom is 0.164 e. The van der Waals surface area contributed by atoms with Crippen LogP contribution in [-0.2, 0) is 0 Å². The fourth-order valence-electron chi connectivity index (χ4n) is 2.65. The number of hydrogen-bond donors (Lipinski definition) is 0. The summed E-state index contributed by atoms with van der Waals surface area (Å²) in [5.74, 6) is 1.63. The average molecular weight is 289 g/mol. The van der Waals surface area contributed by atoms with Gasteiger partial charge >= 0.3 is 0 Å². The molecule has 0 bridgehead atoms. The highest BCUT2D eigenvalue weighted by molar-refractivity contribution is 5.96. The van der Waals surface area contributed by atoms with E-state index >= 15 is 0 Å². The van der Waals surface area contributed by atoms with Crippen LogP contribution in [0, 0.1) is 12.8 Å². The van der Waals surface area contributed by atoms with Crippen molar-refractivity contribution in [1.82, 2.24) is 4.90 Å². The molecule has 0 amide bonds. The lowest BCUT2D eigenvalue weighted by Gasteiger charge is -2.14. The fourth-order valence-corrected chi connectivity index (χ4v) is 2.65. The molecule has 0 aliphatic carbocycles. The molecule has 1 saturated heterocycles. The smallest absolute Gasteiger partial charge is 0.164 e. The first-order valence-electron chi connectivity index (χ1n) is 8.05. The molecule has 1 fully saturated rings. The molecule has 0 atom stereocenters. The molecule has 1 aliphatic rings. The van der Waals surface area contributed by atoms with Crippen molar-refractivity contribution in [2.75, 3.05) is 26.2 Å². The van der Waals surface area contributed by atoms with E-state index < -0.39 is 0 Å². The molecule has 2 rings (SSSR count). The van der Waals surface area contributed by atoms with Gasteiger partial charge in [-0.3, -0.25) is 4.79 Å². The molecule has 0 aromatic heterocycles. The van der Waals surface area contributed by atoms with Crippen LogP contribution in [0.5, 0.6) is 5.75 Å². The van der Waals surface area contributed by atoms with Gasteiger partial charge < -0.3 is 9.64 Å². The molecule has 0 unspecified atom stereocenters. The standard InChI is InChI=1S/C18H27NO2/c1-14(2)13-21-18-7-6-16(12-15(18)3)17(20)8-11-19-9-4-5-10-19/h6-7,12,14H,4-5,8-11,13H2,1-3H3. The largest absolute Gasteiger partial charge is 0.493 e. The van der Waals surface area contributed by atoms with Crippen LogP contribution < -0.4 is 4.74 Å². The number of Topliss-reactive ketones (excluding diaryl/α,β-unsaturated/α-hetero) is 1. The first-order chi connectivity index (χ1) is 10.1. The lowest BCUT2D eigenvalue weighted by Crippen LogP contribution is -2.22. The summed E-state index contributed by atoms with van der Waals surface area (Å²) in [4.78, 5) is 14.6. The highest BCUT2D eigenvalue weighted by atomic mass is 16.5. The molecule has 3 nitrogen and oxygen atoms in total. The first kappa shape index (κ1) is 16.0. The van der Waals surface area contributed by atoms with E-state index in [-0.39, 0.29) is 5.78 Å². The Morgan fingerprint density at radius 2 is 2.00 bits per heavy atom. The SMILES string of the molecule is Cc1cc(C(=O)CCN2CCCC2)ccc1OCC(C)C. The molecule has 3 heteroatoms. The van der Waals surface area contributed by atoms with Crippen molar-refractivity contribution in [3.63, 3.8) is 0 Å². The van der Waals surface area contributed by atoms with E-state index in [0.717, 1.165) is 36.5 Å². The van der Waals surface area contributed by atoms with E-state index in [0.29, 0.717) is 18.9 Å². The minimum atomic E-state index is 0.236. The summed E-state index contributed by atoms with van der Waals surface area (Å²) in [6, 6.07) is 5.79. The Hall–Kier alpha value is -1.35. The second kappa shape index (κ2) is 7.60. The van der Waals surface area contributed by atoms with Crippen LogP contribution in [0.2, 0.25) is 0 Å². The number of hydrogen-bond acceptors (Lipinski definition) is 3. The molecule has 116 valence electrons. The van der Waals surface area contributed by atoms with Gasteiger partial charge in [0.15, 0.2) is 5.78 Å². The third-order valence-electron chi connectivity index (χ3n) is 3.92. The number of carbonyl (C=O) groups is 1. The maximum atomic E-state index is 12.3. The van der Waals surface area contributed by atoms with Crippen LogP contribution >= 0.6 is 0 Å². The summed E-state index contributed by atoms with van der Waals surface area (Å²) < 4.78 is 5.75. The quantitative estimate of drug-likeness (QED) is 0.717. The number of aryl methyl sites for hydroxylation is 1. The zero-order chi connectivity index (χ0) is 15.2. The van der Waals surface area contributed by atoms with Crippen LogP contribution in [0.4, 0.5) is 0 Å². The summed E-state index contributed by atoms with van der Waals surface area (Å²) >= 11 is 0. The van der Waals surface area contributed by atoms with E-state index in [4.69, 9.17) is 4.74 Å². The van der Waals surface area contributed by atoms with Crippen LogP contribution in [0.3, 0.4) is 0 Å². The summed E-state index contributed by atoms with van der Waals surface area (Å²) in [5.41, 5.74) is 1.85. The number of ketones is 1. The van der Waals surface area contributed by atoms with Crippen molar-refractivity contribution in [2.45, 2.75) is 40.0 Å². The van der Waals surface area contributed by atoms with Crippen LogP contribution in [0.1, 0.15) is 49.0 Å². The van der Waals surface area contributed by atoms with Gasteiger partial charge in [-0.05, 0) is 62.5 Å². The summed E-state index contributed by atoms with van der Waals surface area (Å²) in [6.07, 6.45) is 3.16. The minimum Gasteiger partial charge on any atom is -0.493 e. The van der Waals surface area contributed by atoms with Gasteiger partial charge in [0.05, 0.1) is 6.61 Å². The monoisotopic (exact) mass is 289 g/mol.